The van der Waals surface area contributed by atoms with Crippen molar-refractivity contribution < 1.29 is 5.11 Å². The van der Waals surface area contributed by atoms with Gasteiger partial charge in [0.15, 0.2) is 0 Å². The van der Waals surface area contributed by atoms with Crippen LogP contribution in [0.25, 0.3) is 0 Å². The second-order valence-electron chi connectivity index (χ2n) is 21.8. The minimum Gasteiger partial charge on any atom is -0.393 e. The maximum absolute atomic E-state index is 11.0. The zero-order valence-corrected chi connectivity index (χ0v) is 32.7. The number of aliphatic hydroxyl groups is 1. The number of hydrogen-bond donors (Lipinski definition) is 1. The van der Waals surface area contributed by atoms with Gasteiger partial charge in [-0.15, -0.1) is 0 Å². The van der Waals surface area contributed by atoms with Crippen molar-refractivity contribution in [2.75, 3.05) is 0 Å². The van der Waals surface area contributed by atoms with E-state index in [0.29, 0.717) is 16.2 Å². The molecule has 0 radical (unpaired) electrons. The van der Waals surface area contributed by atoms with Gasteiger partial charge in [-0.1, -0.05) is 67.7 Å². The lowest BCUT2D eigenvalue weighted by Crippen LogP contribution is -2.55. The first-order chi connectivity index (χ1) is 23.3. The summed E-state index contributed by atoms with van der Waals surface area (Å²) in [5, 5.41) is 11.0. The molecule has 0 aromatic carbocycles. The van der Waals surface area contributed by atoms with Crippen molar-refractivity contribution in [2.45, 2.75) is 177 Å². The monoisotopic (exact) mass is 669 g/mol. The van der Waals surface area contributed by atoms with Crippen LogP contribution in [0.1, 0.15) is 168 Å². The first-order valence-corrected chi connectivity index (χ1v) is 21.9. The SMILES string of the molecule is CC(C)CCCC(C)[C@H]1CC[C@H]2[C@@H]3CC[C@H]4Cc5nc6c(nc5C[C@]4(C)[C@H]3CC[C@]12C)C[C@@H]1CC[C@@H]2[C@H](CC[C@]3(C)[C@@H](O)CC[C@@H]23)[C@@]1(C)C6. The standard InChI is InChI=1S/C46H72N2O/c1-27(2)9-8-10-28(3)33-15-16-34-31-13-11-29-23-38-40(25-45(29,6)36(31)19-21-43(33,34)4)47-39-24-30-12-14-32-35-17-18-42(49)44(35,5)22-20-37(32)46(30,7)26-41(39)48-38/h27-37,42,49H,8-26H2,1-7H3/t28?,29-,30-,31-,32-,33+,34-,35-,36-,37-,42-,43+,44-,45-,46-/m0/s1. The van der Waals surface area contributed by atoms with E-state index in [9.17, 15) is 5.11 Å². The summed E-state index contributed by atoms with van der Waals surface area (Å²) in [5.74, 6) is 9.35. The lowest BCUT2D eigenvalue weighted by molar-refractivity contribution is -0.112. The molecule has 15 atom stereocenters. The molecule has 9 rings (SSSR count). The fourth-order valence-corrected chi connectivity index (χ4v) is 16.7. The Kier molecular flexibility index (Phi) is 8.13. The fraction of sp³-hybridized carbons (Fsp3) is 0.913. The van der Waals surface area contributed by atoms with Gasteiger partial charge in [0.05, 0.1) is 28.9 Å². The van der Waals surface area contributed by atoms with E-state index in [2.05, 4.69) is 48.5 Å². The fourth-order valence-electron chi connectivity index (χ4n) is 16.7. The zero-order chi connectivity index (χ0) is 34.1. The first-order valence-electron chi connectivity index (χ1n) is 21.9. The van der Waals surface area contributed by atoms with Gasteiger partial charge in [-0.25, -0.2) is 0 Å². The number of aliphatic hydroxyl groups excluding tert-OH is 1. The van der Waals surface area contributed by atoms with Crippen LogP contribution in [-0.4, -0.2) is 21.2 Å². The Labute approximate surface area is 300 Å². The molecule has 0 saturated heterocycles. The minimum absolute atomic E-state index is 0.0736. The van der Waals surface area contributed by atoms with Crippen LogP contribution in [0.5, 0.6) is 0 Å². The summed E-state index contributed by atoms with van der Waals surface area (Å²) >= 11 is 0. The second-order valence-corrected chi connectivity index (χ2v) is 21.8. The summed E-state index contributed by atoms with van der Waals surface area (Å²) in [7, 11) is 0. The van der Waals surface area contributed by atoms with E-state index in [1.807, 2.05) is 0 Å². The quantitative estimate of drug-likeness (QED) is 0.340. The van der Waals surface area contributed by atoms with Crippen LogP contribution in [-0.2, 0) is 25.7 Å². The molecule has 3 nitrogen and oxygen atoms in total. The third-order valence-electron chi connectivity index (χ3n) is 19.5. The van der Waals surface area contributed by atoms with Gasteiger partial charge in [-0.3, -0.25) is 9.97 Å². The number of fused-ring (bicyclic) bond motifs is 12. The largest absolute Gasteiger partial charge is 0.393 e. The van der Waals surface area contributed by atoms with Crippen LogP contribution in [0, 0.1) is 86.8 Å². The lowest BCUT2D eigenvalue weighted by atomic mass is 9.44. The molecule has 1 aromatic rings. The molecule has 272 valence electrons. The van der Waals surface area contributed by atoms with Gasteiger partial charge in [0.1, 0.15) is 0 Å². The second kappa shape index (κ2) is 11.8. The summed E-state index contributed by atoms with van der Waals surface area (Å²) in [5.41, 5.74) is 7.12. The Morgan fingerprint density at radius 3 is 1.65 bits per heavy atom. The maximum Gasteiger partial charge on any atom is 0.0628 e. The van der Waals surface area contributed by atoms with Crippen molar-refractivity contribution in [2.24, 2.45) is 86.8 Å². The number of rotatable bonds is 5. The van der Waals surface area contributed by atoms with Gasteiger partial charge in [-0.2, -0.15) is 0 Å². The Morgan fingerprint density at radius 1 is 0.571 bits per heavy atom. The van der Waals surface area contributed by atoms with E-state index in [4.69, 9.17) is 9.97 Å². The molecular formula is C46H72N2O. The number of nitrogens with zero attached hydrogens (tertiary/aromatic N) is 2. The summed E-state index contributed by atoms with van der Waals surface area (Å²) in [6.07, 6.45) is 25.3. The van der Waals surface area contributed by atoms with Crippen LogP contribution in [0.15, 0.2) is 0 Å². The van der Waals surface area contributed by atoms with E-state index in [1.165, 1.54) is 132 Å². The molecule has 1 N–H and O–H groups in total. The van der Waals surface area contributed by atoms with Crippen molar-refractivity contribution >= 4 is 0 Å². The predicted octanol–water partition coefficient (Wildman–Crippen LogP) is 10.8. The first kappa shape index (κ1) is 33.8. The third kappa shape index (κ3) is 4.94. The average Bonchev–Trinajstić information content (AvgIpc) is 3.57. The Morgan fingerprint density at radius 2 is 1.08 bits per heavy atom. The molecule has 1 aromatic heterocycles. The molecule has 49 heavy (non-hydrogen) atoms. The third-order valence-corrected chi connectivity index (χ3v) is 19.5. The molecule has 0 aliphatic heterocycles. The average molecular weight is 669 g/mol. The lowest BCUT2D eigenvalue weighted by Gasteiger charge is -2.61. The van der Waals surface area contributed by atoms with Crippen LogP contribution in [0.2, 0.25) is 0 Å². The van der Waals surface area contributed by atoms with Gasteiger partial charge in [0, 0.05) is 0 Å². The molecule has 1 unspecified atom stereocenters. The zero-order valence-electron chi connectivity index (χ0n) is 32.7. The molecule has 3 heteroatoms. The Hall–Kier alpha value is -0.960. The number of aromatic nitrogens is 2. The molecule has 6 fully saturated rings. The van der Waals surface area contributed by atoms with Crippen LogP contribution >= 0.6 is 0 Å². The Balaban J connectivity index is 0.934. The highest BCUT2D eigenvalue weighted by molar-refractivity contribution is 5.31. The highest BCUT2D eigenvalue weighted by Gasteiger charge is 2.62. The van der Waals surface area contributed by atoms with Gasteiger partial charge in [0.25, 0.3) is 0 Å². The van der Waals surface area contributed by atoms with Crippen molar-refractivity contribution in [3.63, 3.8) is 0 Å². The predicted molar refractivity (Wildman–Crippen MR) is 200 cm³/mol. The highest BCUT2D eigenvalue weighted by Crippen LogP contribution is 2.69. The molecule has 1 heterocycles. The van der Waals surface area contributed by atoms with E-state index in [0.717, 1.165) is 77.9 Å². The molecule has 8 aliphatic rings. The molecule has 8 aliphatic carbocycles. The summed E-state index contributed by atoms with van der Waals surface area (Å²) < 4.78 is 0. The minimum atomic E-state index is -0.0736. The molecule has 0 amide bonds. The van der Waals surface area contributed by atoms with Gasteiger partial charge < -0.3 is 5.11 Å². The summed E-state index contributed by atoms with van der Waals surface area (Å²) in [6, 6.07) is 0. The number of hydrogen-bond acceptors (Lipinski definition) is 3. The summed E-state index contributed by atoms with van der Waals surface area (Å²) in [6.45, 7) is 18.0. The van der Waals surface area contributed by atoms with Crippen LogP contribution < -0.4 is 0 Å². The maximum atomic E-state index is 11.0. The highest BCUT2D eigenvalue weighted by atomic mass is 16.3. The van der Waals surface area contributed by atoms with Crippen LogP contribution in [0.3, 0.4) is 0 Å². The van der Waals surface area contributed by atoms with Crippen molar-refractivity contribution in [3.05, 3.63) is 22.8 Å². The Bertz CT molecular complexity index is 1440. The summed E-state index contributed by atoms with van der Waals surface area (Å²) in [4.78, 5) is 11.4. The molecular weight excluding hydrogens is 597 g/mol. The van der Waals surface area contributed by atoms with Gasteiger partial charge in [-0.05, 0) is 189 Å². The van der Waals surface area contributed by atoms with E-state index >= 15 is 0 Å². The smallest absolute Gasteiger partial charge is 0.0628 e. The van der Waals surface area contributed by atoms with Crippen molar-refractivity contribution in [3.8, 4) is 0 Å². The topological polar surface area (TPSA) is 46.0 Å². The molecule has 6 saturated carbocycles. The van der Waals surface area contributed by atoms with E-state index < -0.39 is 0 Å². The normalized spacial score (nSPS) is 50.2. The van der Waals surface area contributed by atoms with Crippen molar-refractivity contribution in [1.82, 2.24) is 9.97 Å². The van der Waals surface area contributed by atoms with Gasteiger partial charge in [0.2, 0.25) is 0 Å². The molecule has 0 spiro atoms. The van der Waals surface area contributed by atoms with Gasteiger partial charge >= 0.3 is 0 Å². The van der Waals surface area contributed by atoms with E-state index in [1.54, 1.807) is 0 Å². The van der Waals surface area contributed by atoms with Crippen LogP contribution in [0.4, 0.5) is 0 Å². The molecule has 0 bridgehead atoms. The van der Waals surface area contributed by atoms with Crippen molar-refractivity contribution in [1.29, 1.82) is 0 Å². The van der Waals surface area contributed by atoms with E-state index in [-0.39, 0.29) is 11.5 Å².